The standard InChI is InChI=1S/C21H23FN2O2/c22-19-6-1-3-15(12-19)13-20(25)23-9-10-24-21(26)14-16-7-8-17-4-2-5-18(17)11-16/h1,3,6-8,11-12H,2,4-5,9-10,13-14H2,(H,23,25)(H,24,26). The van der Waals surface area contributed by atoms with E-state index in [1.165, 1.54) is 29.7 Å². The lowest BCUT2D eigenvalue weighted by Gasteiger charge is -2.08. The van der Waals surface area contributed by atoms with E-state index in [1.807, 2.05) is 6.07 Å². The Balaban J connectivity index is 1.35. The van der Waals surface area contributed by atoms with Crippen molar-refractivity contribution in [1.82, 2.24) is 10.6 Å². The number of aryl methyl sites for hydroxylation is 2. The molecule has 0 saturated heterocycles. The molecule has 5 heteroatoms. The molecule has 1 aliphatic rings. The van der Waals surface area contributed by atoms with Gasteiger partial charge in [-0.3, -0.25) is 9.59 Å². The number of hydrogen-bond acceptors (Lipinski definition) is 2. The number of carbonyl (C=O) groups is 2. The number of fused-ring (bicyclic) bond motifs is 1. The Bertz CT molecular complexity index is 804. The zero-order valence-electron chi connectivity index (χ0n) is 14.7. The van der Waals surface area contributed by atoms with Crippen molar-refractivity contribution in [2.75, 3.05) is 13.1 Å². The van der Waals surface area contributed by atoms with Crippen LogP contribution in [0, 0.1) is 5.82 Å². The lowest BCUT2D eigenvalue weighted by Crippen LogP contribution is -2.35. The molecule has 0 heterocycles. The van der Waals surface area contributed by atoms with Gasteiger partial charge >= 0.3 is 0 Å². The topological polar surface area (TPSA) is 58.2 Å². The highest BCUT2D eigenvalue weighted by atomic mass is 19.1. The summed E-state index contributed by atoms with van der Waals surface area (Å²) in [4.78, 5) is 23.8. The number of halogens is 1. The van der Waals surface area contributed by atoms with Crippen molar-refractivity contribution in [1.29, 1.82) is 0 Å². The summed E-state index contributed by atoms with van der Waals surface area (Å²) in [5.74, 6) is -0.597. The van der Waals surface area contributed by atoms with Crippen LogP contribution in [0.5, 0.6) is 0 Å². The largest absolute Gasteiger partial charge is 0.354 e. The number of benzene rings is 2. The maximum atomic E-state index is 13.1. The molecule has 0 spiro atoms. The third-order valence-electron chi connectivity index (χ3n) is 4.55. The third-order valence-corrected chi connectivity index (χ3v) is 4.55. The Kier molecular flexibility index (Phi) is 6.00. The van der Waals surface area contributed by atoms with Crippen molar-refractivity contribution < 1.29 is 14.0 Å². The number of amides is 2. The van der Waals surface area contributed by atoms with Crippen LogP contribution in [-0.2, 0) is 35.3 Å². The molecule has 3 rings (SSSR count). The van der Waals surface area contributed by atoms with Crippen LogP contribution in [0.1, 0.15) is 28.7 Å². The van der Waals surface area contributed by atoms with Gasteiger partial charge in [0, 0.05) is 13.1 Å². The first-order chi connectivity index (χ1) is 12.6. The highest BCUT2D eigenvalue weighted by Gasteiger charge is 2.12. The van der Waals surface area contributed by atoms with Crippen LogP contribution in [0.3, 0.4) is 0 Å². The first kappa shape index (κ1) is 18.1. The van der Waals surface area contributed by atoms with Crippen LogP contribution < -0.4 is 10.6 Å². The van der Waals surface area contributed by atoms with Crippen LogP contribution in [0.15, 0.2) is 42.5 Å². The smallest absolute Gasteiger partial charge is 0.224 e. The van der Waals surface area contributed by atoms with E-state index in [0.717, 1.165) is 18.4 Å². The summed E-state index contributed by atoms with van der Waals surface area (Å²) in [7, 11) is 0. The van der Waals surface area contributed by atoms with E-state index in [9.17, 15) is 14.0 Å². The molecule has 26 heavy (non-hydrogen) atoms. The number of hydrogen-bond donors (Lipinski definition) is 2. The average Bonchev–Trinajstić information content (AvgIpc) is 3.06. The summed E-state index contributed by atoms with van der Waals surface area (Å²) in [6.07, 6.45) is 3.91. The molecule has 2 amide bonds. The fourth-order valence-corrected chi connectivity index (χ4v) is 3.28. The van der Waals surface area contributed by atoms with Gasteiger partial charge in [0.25, 0.3) is 0 Å². The van der Waals surface area contributed by atoms with Crippen molar-refractivity contribution in [3.05, 3.63) is 70.5 Å². The minimum Gasteiger partial charge on any atom is -0.354 e. The summed E-state index contributed by atoms with van der Waals surface area (Å²) in [5.41, 5.74) is 4.41. The molecule has 0 aromatic heterocycles. The SMILES string of the molecule is O=C(Cc1cccc(F)c1)NCCNC(=O)Cc1ccc2c(c1)CCC2. The first-order valence-electron chi connectivity index (χ1n) is 8.99. The lowest BCUT2D eigenvalue weighted by molar-refractivity contribution is -0.122. The highest BCUT2D eigenvalue weighted by Crippen LogP contribution is 2.22. The van der Waals surface area contributed by atoms with Crippen molar-refractivity contribution >= 4 is 11.8 Å². The fraction of sp³-hybridized carbons (Fsp3) is 0.333. The Morgan fingerprint density at radius 1 is 0.846 bits per heavy atom. The van der Waals surface area contributed by atoms with Crippen molar-refractivity contribution in [3.63, 3.8) is 0 Å². The van der Waals surface area contributed by atoms with Gasteiger partial charge in [0.15, 0.2) is 0 Å². The van der Waals surface area contributed by atoms with Crippen LogP contribution in [-0.4, -0.2) is 24.9 Å². The van der Waals surface area contributed by atoms with E-state index in [1.54, 1.807) is 12.1 Å². The molecule has 1 aliphatic carbocycles. The van der Waals surface area contributed by atoms with Crippen LogP contribution in [0.25, 0.3) is 0 Å². The molecule has 4 nitrogen and oxygen atoms in total. The average molecular weight is 354 g/mol. The Labute approximate surface area is 152 Å². The predicted octanol–water partition coefficient (Wildman–Crippen LogP) is 2.33. The van der Waals surface area contributed by atoms with Gasteiger partial charge in [-0.15, -0.1) is 0 Å². The van der Waals surface area contributed by atoms with Crippen LogP contribution in [0.4, 0.5) is 4.39 Å². The summed E-state index contributed by atoms with van der Waals surface area (Å²) in [6.45, 7) is 0.725. The molecule has 136 valence electrons. The molecule has 2 aromatic carbocycles. The number of nitrogens with one attached hydrogen (secondary N) is 2. The van der Waals surface area contributed by atoms with Gasteiger partial charge in [0.1, 0.15) is 5.82 Å². The fourth-order valence-electron chi connectivity index (χ4n) is 3.28. The molecule has 0 bridgehead atoms. The van der Waals surface area contributed by atoms with Gasteiger partial charge in [-0.2, -0.15) is 0 Å². The second kappa shape index (κ2) is 8.61. The molecule has 0 unspecified atom stereocenters. The van der Waals surface area contributed by atoms with Crippen molar-refractivity contribution in [3.8, 4) is 0 Å². The van der Waals surface area contributed by atoms with Crippen LogP contribution in [0.2, 0.25) is 0 Å². The molecular weight excluding hydrogens is 331 g/mol. The van der Waals surface area contributed by atoms with E-state index < -0.39 is 0 Å². The maximum absolute atomic E-state index is 13.1. The zero-order valence-corrected chi connectivity index (χ0v) is 14.7. The molecule has 2 aromatic rings. The van der Waals surface area contributed by atoms with E-state index in [0.29, 0.717) is 25.1 Å². The van der Waals surface area contributed by atoms with E-state index in [-0.39, 0.29) is 24.1 Å². The van der Waals surface area contributed by atoms with Crippen molar-refractivity contribution in [2.45, 2.75) is 32.1 Å². The summed E-state index contributed by atoms with van der Waals surface area (Å²) in [6, 6.07) is 12.2. The first-order valence-corrected chi connectivity index (χ1v) is 8.99. The maximum Gasteiger partial charge on any atom is 0.224 e. The summed E-state index contributed by atoms with van der Waals surface area (Å²) in [5, 5.41) is 5.54. The lowest BCUT2D eigenvalue weighted by atomic mass is 10.0. The predicted molar refractivity (Wildman–Crippen MR) is 98.3 cm³/mol. The Hall–Kier alpha value is -2.69. The monoisotopic (exact) mass is 354 g/mol. The van der Waals surface area contributed by atoms with Crippen molar-refractivity contribution in [2.24, 2.45) is 0 Å². The molecular formula is C21H23FN2O2. The third kappa shape index (κ3) is 5.15. The summed E-state index contributed by atoms with van der Waals surface area (Å²) < 4.78 is 13.1. The highest BCUT2D eigenvalue weighted by molar-refractivity contribution is 5.79. The summed E-state index contributed by atoms with van der Waals surface area (Å²) >= 11 is 0. The zero-order chi connectivity index (χ0) is 18.4. The Morgan fingerprint density at radius 3 is 2.19 bits per heavy atom. The second-order valence-electron chi connectivity index (χ2n) is 6.64. The molecule has 0 atom stereocenters. The van der Waals surface area contributed by atoms with E-state index in [4.69, 9.17) is 0 Å². The minimum atomic E-state index is -0.353. The minimum absolute atomic E-state index is 0.0534. The van der Waals surface area contributed by atoms with Crippen LogP contribution >= 0.6 is 0 Å². The number of carbonyl (C=O) groups excluding carboxylic acids is 2. The van der Waals surface area contributed by atoms with Gasteiger partial charge in [-0.1, -0.05) is 30.3 Å². The van der Waals surface area contributed by atoms with Gasteiger partial charge in [0.2, 0.25) is 11.8 Å². The van der Waals surface area contributed by atoms with Gasteiger partial charge < -0.3 is 10.6 Å². The quantitative estimate of drug-likeness (QED) is 0.750. The van der Waals surface area contributed by atoms with E-state index in [2.05, 4.69) is 22.8 Å². The number of rotatable bonds is 7. The van der Waals surface area contributed by atoms with Gasteiger partial charge in [-0.25, -0.2) is 4.39 Å². The Morgan fingerprint density at radius 2 is 1.50 bits per heavy atom. The van der Waals surface area contributed by atoms with Gasteiger partial charge in [0.05, 0.1) is 12.8 Å². The molecule has 0 radical (unpaired) electrons. The molecule has 2 N–H and O–H groups in total. The molecule has 0 saturated carbocycles. The molecule has 0 aliphatic heterocycles. The normalized spacial score (nSPS) is 12.5. The van der Waals surface area contributed by atoms with Gasteiger partial charge in [-0.05, 0) is 53.6 Å². The molecule has 0 fully saturated rings. The second-order valence-corrected chi connectivity index (χ2v) is 6.64. The van der Waals surface area contributed by atoms with E-state index >= 15 is 0 Å².